The number of benzene rings is 8. The highest BCUT2D eigenvalue weighted by Crippen LogP contribution is 2.51. The Labute approximate surface area is 302 Å². The van der Waals surface area contributed by atoms with Gasteiger partial charge in [0.1, 0.15) is 0 Å². The summed E-state index contributed by atoms with van der Waals surface area (Å²) in [5.74, 6) is 0. The van der Waals surface area contributed by atoms with E-state index in [-0.39, 0.29) is 5.41 Å². The standard InChI is InChI=1S/C49H35NS/c1-49(2)44-18-10-8-15-39(44)40-26-25-36(31-45(40)49)50(46-28-27-37(33-12-4-3-5-13-33)38-14-6-7-16-41(38)46)35-23-20-32(21-24-35)34-22-29-48-43(30-34)42-17-9-11-19-47(42)51-48/h3-31H,1-2H3. The van der Waals surface area contributed by atoms with E-state index >= 15 is 0 Å². The van der Waals surface area contributed by atoms with Crippen molar-refractivity contribution in [1.82, 2.24) is 0 Å². The second kappa shape index (κ2) is 11.6. The Morgan fingerprint density at radius 2 is 1.02 bits per heavy atom. The summed E-state index contributed by atoms with van der Waals surface area (Å²) >= 11 is 1.87. The molecule has 0 saturated heterocycles. The fraction of sp³-hybridized carbons (Fsp3) is 0.0612. The molecule has 51 heavy (non-hydrogen) atoms. The van der Waals surface area contributed by atoms with Gasteiger partial charge in [0.25, 0.3) is 0 Å². The van der Waals surface area contributed by atoms with Crippen LogP contribution in [0.5, 0.6) is 0 Å². The van der Waals surface area contributed by atoms with E-state index in [2.05, 4.69) is 195 Å². The lowest BCUT2D eigenvalue weighted by atomic mass is 9.82. The molecule has 0 amide bonds. The average molecular weight is 670 g/mol. The van der Waals surface area contributed by atoms with E-state index in [0.29, 0.717) is 0 Å². The van der Waals surface area contributed by atoms with Gasteiger partial charge in [-0.05, 0) is 98.4 Å². The highest BCUT2D eigenvalue weighted by molar-refractivity contribution is 7.25. The normalized spacial score (nSPS) is 13.1. The van der Waals surface area contributed by atoms with Gasteiger partial charge in [0.15, 0.2) is 0 Å². The SMILES string of the molecule is CC1(C)c2ccccc2-c2ccc(N(c3ccc(-c4ccc5sc6ccccc6c5c4)cc3)c3ccc(-c4ccccc4)c4ccccc34)cc21. The Bertz CT molecular complexity index is 2770. The van der Waals surface area contributed by atoms with Crippen molar-refractivity contribution in [3.63, 3.8) is 0 Å². The summed E-state index contributed by atoms with van der Waals surface area (Å²) in [6.07, 6.45) is 0. The molecule has 1 aromatic heterocycles. The quantitative estimate of drug-likeness (QED) is 0.176. The molecule has 9 aromatic rings. The summed E-state index contributed by atoms with van der Waals surface area (Å²) in [4.78, 5) is 2.45. The molecule has 1 heterocycles. The molecule has 0 aliphatic heterocycles. The number of hydrogen-bond acceptors (Lipinski definition) is 2. The summed E-state index contributed by atoms with van der Waals surface area (Å²) in [5.41, 5.74) is 13.7. The topological polar surface area (TPSA) is 3.24 Å². The van der Waals surface area contributed by atoms with E-state index in [0.717, 1.165) is 17.1 Å². The van der Waals surface area contributed by atoms with Crippen LogP contribution in [-0.2, 0) is 5.41 Å². The Kier molecular flexibility index (Phi) is 6.78. The summed E-state index contributed by atoms with van der Waals surface area (Å²) in [6, 6.07) is 64.9. The minimum absolute atomic E-state index is 0.0961. The van der Waals surface area contributed by atoms with Crippen LogP contribution in [0.4, 0.5) is 17.1 Å². The number of hydrogen-bond donors (Lipinski definition) is 0. The average Bonchev–Trinajstić information content (AvgIpc) is 3.67. The minimum atomic E-state index is -0.0961. The zero-order valence-corrected chi connectivity index (χ0v) is 29.4. The maximum Gasteiger partial charge on any atom is 0.0540 e. The number of fused-ring (bicyclic) bond motifs is 7. The molecule has 242 valence electrons. The van der Waals surface area contributed by atoms with Crippen molar-refractivity contribution in [3.05, 3.63) is 187 Å². The summed E-state index contributed by atoms with van der Waals surface area (Å²) in [7, 11) is 0. The van der Waals surface area contributed by atoms with Crippen LogP contribution < -0.4 is 4.90 Å². The zero-order chi connectivity index (χ0) is 34.1. The lowest BCUT2D eigenvalue weighted by Gasteiger charge is -2.29. The molecule has 10 rings (SSSR count). The van der Waals surface area contributed by atoms with E-state index in [1.165, 1.54) is 75.5 Å². The van der Waals surface area contributed by atoms with Crippen LogP contribution in [0, 0.1) is 0 Å². The van der Waals surface area contributed by atoms with Crippen LogP contribution in [0.3, 0.4) is 0 Å². The molecule has 1 aliphatic rings. The van der Waals surface area contributed by atoms with Gasteiger partial charge < -0.3 is 4.90 Å². The first-order chi connectivity index (χ1) is 25.0. The highest BCUT2D eigenvalue weighted by Gasteiger charge is 2.35. The fourth-order valence-electron chi connectivity index (χ4n) is 8.31. The third-order valence-corrected chi connectivity index (χ3v) is 12.0. The van der Waals surface area contributed by atoms with Crippen LogP contribution in [0.15, 0.2) is 176 Å². The number of thiophene rings is 1. The smallest absolute Gasteiger partial charge is 0.0540 e. The van der Waals surface area contributed by atoms with Gasteiger partial charge >= 0.3 is 0 Å². The molecular weight excluding hydrogens is 635 g/mol. The predicted molar refractivity (Wildman–Crippen MR) is 220 cm³/mol. The van der Waals surface area contributed by atoms with Crippen LogP contribution in [0.25, 0.3) is 64.3 Å². The van der Waals surface area contributed by atoms with Gasteiger partial charge in [0.2, 0.25) is 0 Å². The van der Waals surface area contributed by atoms with Gasteiger partial charge in [0.05, 0.1) is 5.69 Å². The third kappa shape index (κ3) is 4.75. The van der Waals surface area contributed by atoms with Crippen LogP contribution in [0.1, 0.15) is 25.0 Å². The van der Waals surface area contributed by atoms with Gasteiger partial charge in [0, 0.05) is 42.3 Å². The molecule has 2 heteroatoms. The van der Waals surface area contributed by atoms with Gasteiger partial charge in [-0.15, -0.1) is 11.3 Å². The first-order valence-corrected chi connectivity index (χ1v) is 18.5. The van der Waals surface area contributed by atoms with Crippen molar-refractivity contribution in [2.24, 2.45) is 0 Å². The minimum Gasteiger partial charge on any atom is -0.310 e. The van der Waals surface area contributed by atoms with Crippen LogP contribution >= 0.6 is 11.3 Å². The molecule has 1 nitrogen and oxygen atoms in total. The van der Waals surface area contributed by atoms with E-state index < -0.39 is 0 Å². The largest absolute Gasteiger partial charge is 0.310 e. The number of rotatable bonds is 5. The highest BCUT2D eigenvalue weighted by atomic mass is 32.1. The Morgan fingerprint density at radius 1 is 0.392 bits per heavy atom. The zero-order valence-electron chi connectivity index (χ0n) is 28.6. The second-order valence-electron chi connectivity index (χ2n) is 14.1. The molecule has 8 aromatic carbocycles. The molecule has 1 aliphatic carbocycles. The molecule has 0 atom stereocenters. The van der Waals surface area contributed by atoms with Gasteiger partial charge in [-0.3, -0.25) is 0 Å². The molecule has 0 bridgehead atoms. The predicted octanol–water partition coefficient (Wildman–Crippen LogP) is 14.3. The summed E-state index contributed by atoms with van der Waals surface area (Å²) in [6.45, 7) is 4.72. The molecule has 0 saturated carbocycles. The second-order valence-corrected chi connectivity index (χ2v) is 15.2. The molecule has 0 unspecified atom stereocenters. The van der Waals surface area contributed by atoms with Gasteiger partial charge in [-0.2, -0.15) is 0 Å². The maximum atomic E-state index is 2.45. The summed E-state index contributed by atoms with van der Waals surface area (Å²) in [5, 5.41) is 5.12. The van der Waals surface area contributed by atoms with Gasteiger partial charge in [-0.1, -0.05) is 141 Å². The molecule has 0 fully saturated rings. The molecule has 0 radical (unpaired) electrons. The molecular formula is C49H35NS. The Morgan fingerprint density at radius 3 is 1.86 bits per heavy atom. The van der Waals surface area contributed by atoms with Crippen molar-refractivity contribution in [3.8, 4) is 33.4 Å². The van der Waals surface area contributed by atoms with E-state index in [4.69, 9.17) is 0 Å². The maximum absolute atomic E-state index is 2.45. The van der Waals surface area contributed by atoms with Crippen molar-refractivity contribution in [2.75, 3.05) is 4.90 Å². The fourth-order valence-corrected chi connectivity index (χ4v) is 9.40. The van der Waals surface area contributed by atoms with E-state index in [9.17, 15) is 0 Å². The lowest BCUT2D eigenvalue weighted by molar-refractivity contribution is 0.660. The Hall–Kier alpha value is -5.96. The number of nitrogens with zero attached hydrogens (tertiary/aromatic N) is 1. The van der Waals surface area contributed by atoms with Crippen molar-refractivity contribution < 1.29 is 0 Å². The van der Waals surface area contributed by atoms with E-state index in [1.54, 1.807) is 0 Å². The van der Waals surface area contributed by atoms with E-state index in [1.807, 2.05) is 11.3 Å². The van der Waals surface area contributed by atoms with Gasteiger partial charge in [-0.25, -0.2) is 0 Å². The number of anilines is 3. The lowest BCUT2D eigenvalue weighted by Crippen LogP contribution is -2.16. The van der Waals surface area contributed by atoms with Crippen LogP contribution in [0.2, 0.25) is 0 Å². The van der Waals surface area contributed by atoms with Crippen molar-refractivity contribution in [1.29, 1.82) is 0 Å². The first kappa shape index (κ1) is 29.9. The first-order valence-electron chi connectivity index (χ1n) is 17.7. The summed E-state index contributed by atoms with van der Waals surface area (Å²) < 4.78 is 2.66. The molecule has 0 N–H and O–H groups in total. The third-order valence-electron chi connectivity index (χ3n) is 10.9. The van der Waals surface area contributed by atoms with Crippen molar-refractivity contribution >= 4 is 59.3 Å². The van der Waals surface area contributed by atoms with Crippen LogP contribution in [-0.4, -0.2) is 0 Å². The molecule has 0 spiro atoms. The van der Waals surface area contributed by atoms with Crippen molar-refractivity contribution in [2.45, 2.75) is 19.3 Å². The monoisotopic (exact) mass is 669 g/mol. The Balaban J connectivity index is 1.14.